The number of thiophene rings is 3. The average molecular weight is 1510 g/mol. The molecule has 0 radical (unpaired) electrons. The van der Waals surface area contributed by atoms with Crippen LogP contribution < -0.4 is 11.1 Å². The third-order valence-corrected chi connectivity index (χ3v) is 19.2. The number of aryl methyl sites for hydroxylation is 6. The van der Waals surface area contributed by atoms with Gasteiger partial charge in [0.2, 0.25) is 0 Å². The van der Waals surface area contributed by atoms with E-state index in [1.807, 2.05) is 127 Å². The van der Waals surface area contributed by atoms with Gasteiger partial charge in [0.25, 0.3) is 0 Å². The Labute approximate surface area is 665 Å². The topological polar surface area (TPSA) is 139 Å². The Kier molecular flexibility index (Phi) is 53.3. The minimum atomic E-state index is -0.878. The minimum Gasteiger partial charge on any atom is -0.444 e. The number of unbranched alkanes of at least 4 members (excludes halogenated alkanes) is 6. The van der Waals surface area contributed by atoms with E-state index in [9.17, 15) is 19.5 Å². The Bertz CT molecular complexity index is 3720. The highest BCUT2D eigenvalue weighted by Gasteiger charge is 2.26. The fraction of sp³-hybridized carbons (Fsp3) is 0.371. The molecule has 0 saturated carbocycles. The SMILES string of the molecule is C#CCN.C#CCNC(=O)OC(C)(C)C.C=C(C)c1ccc(CCCC)cc1.C=C(CO)c1ccc(CCCC)cc1.C=C(c1ccc(CCCC)cc1)c1cccs1.CCCCc1ccc(C(C)(O)c2cccs2)cc1.CCCCc1ccc(C(C)=O)cc1.CCCCc1ccc(C(C)=O)cc1.c1ccsc1. The molecule has 1 amide bonds. The van der Waals surface area contributed by atoms with Gasteiger partial charge < -0.3 is 26.0 Å². The van der Waals surface area contributed by atoms with Crippen LogP contribution in [0.4, 0.5) is 4.79 Å². The van der Waals surface area contributed by atoms with Crippen LogP contribution in [-0.4, -0.2) is 53.2 Å². The summed E-state index contributed by atoms with van der Waals surface area (Å²) in [4.78, 5) is 35.0. The normalized spacial score (nSPS) is 10.5. The van der Waals surface area contributed by atoms with Crippen molar-refractivity contribution in [2.45, 2.75) is 217 Å². The summed E-state index contributed by atoms with van der Waals surface area (Å²) in [6.45, 7) is 38.2. The number of nitrogens with two attached hydrogens (primary N) is 1. The molecule has 0 spiro atoms. The molecule has 0 fully saturated rings. The van der Waals surface area contributed by atoms with Crippen LogP contribution in [0.15, 0.2) is 223 Å². The number of amides is 1. The number of hydrogen-bond acceptors (Lipinski definition) is 10. The molecule has 8 nitrogen and oxygen atoms in total. The average Bonchev–Trinajstić information content (AvgIpc) is 1.44. The van der Waals surface area contributed by atoms with E-state index in [4.69, 9.17) is 22.0 Å². The first-order chi connectivity index (χ1) is 51.8. The second-order valence-corrected chi connectivity index (χ2v) is 29.9. The maximum atomic E-state index is 11.0. The van der Waals surface area contributed by atoms with Gasteiger partial charge in [0, 0.05) is 20.9 Å². The van der Waals surface area contributed by atoms with Crippen molar-refractivity contribution in [2.75, 3.05) is 19.7 Å². The molecule has 0 aliphatic heterocycles. The largest absolute Gasteiger partial charge is 0.444 e. The van der Waals surface area contributed by atoms with E-state index in [0.29, 0.717) is 6.54 Å². The Morgan fingerprint density at radius 2 is 0.796 bits per heavy atom. The molecule has 6 aromatic carbocycles. The molecule has 580 valence electrons. The third-order valence-electron chi connectivity index (χ3n) is 16.5. The summed E-state index contributed by atoms with van der Waals surface area (Å²) in [6.07, 6.45) is 30.8. The number of hydrogen-bond donors (Lipinski definition) is 4. The number of aliphatic hydroxyl groups is 2. The van der Waals surface area contributed by atoms with Gasteiger partial charge in [-0.05, 0) is 226 Å². The summed E-state index contributed by atoms with van der Waals surface area (Å²) < 4.78 is 4.89. The van der Waals surface area contributed by atoms with Crippen molar-refractivity contribution in [1.82, 2.24) is 5.32 Å². The maximum Gasteiger partial charge on any atom is 0.408 e. The number of carbonyl (C=O) groups excluding carboxylic acids is 3. The molecular formula is C97H128N2O6S3. The predicted molar refractivity (Wildman–Crippen MR) is 472 cm³/mol. The van der Waals surface area contributed by atoms with E-state index >= 15 is 0 Å². The smallest absolute Gasteiger partial charge is 0.408 e. The minimum absolute atomic E-state index is 0.0360. The van der Waals surface area contributed by atoms with Crippen LogP contribution >= 0.6 is 34.0 Å². The Morgan fingerprint density at radius 3 is 1.06 bits per heavy atom. The molecule has 0 aliphatic carbocycles. The number of rotatable bonds is 28. The zero-order valence-electron chi connectivity index (χ0n) is 67.6. The van der Waals surface area contributed by atoms with Crippen molar-refractivity contribution in [3.05, 3.63) is 300 Å². The van der Waals surface area contributed by atoms with E-state index in [2.05, 4.69) is 175 Å². The molecular weight excluding hydrogens is 1390 g/mol. The van der Waals surface area contributed by atoms with E-state index < -0.39 is 17.3 Å². The van der Waals surface area contributed by atoms with Gasteiger partial charge in [-0.15, -0.1) is 35.5 Å². The van der Waals surface area contributed by atoms with E-state index in [0.717, 1.165) is 69.5 Å². The maximum absolute atomic E-state index is 11.0. The number of terminal acetylenes is 2. The Balaban J connectivity index is 0.000000620. The molecule has 9 aromatic rings. The first kappa shape index (κ1) is 97.3. The molecule has 0 aliphatic rings. The zero-order valence-corrected chi connectivity index (χ0v) is 70.0. The van der Waals surface area contributed by atoms with Gasteiger partial charge in [0.05, 0.1) is 19.7 Å². The lowest BCUT2D eigenvalue weighted by Crippen LogP contribution is -2.32. The Morgan fingerprint density at radius 1 is 0.463 bits per heavy atom. The fourth-order valence-corrected chi connectivity index (χ4v) is 11.9. The van der Waals surface area contributed by atoms with Gasteiger partial charge in [0.1, 0.15) is 11.2 Å². The molecule has 5 N–H and O–H groups in total. The molecule has 108 heavy (non-hydrogen) atoms. The highest BCUT2D eigenvalue weighted by Crippen LogP contribution is 2.33. The van der Waals surface area contributed by atoms with E-state index in [-0.39, 0.29) is 24.7 Å². The van der Waals surface area contributed by atoms with Crippen molar-refractivity contribution < 1.29 is 29.3 Å². The first-order valence-electron chi connectivity index (χ1n) is 38.3. The summed E-state index contributed by atoms with van der Waals surface area (Å²) in [7, 11) is 0. The summed E-state index contributed by atoms with van der Waals surface area (Å²) in [5.74, 6) is 4.76. The van der Waals surface area contributed by atoms with Gasteiger partial charge in [-0.25, -0.2) is 4.79 Å². The number of benzene rings is 6. The van der Waals surface area contributed by atoms with Gasteiger partial charge in [-0.1, -0.05) is 287 Å². The van der Waals surface area contributed by atoms with Crippen LogP contribution in [0.1, 0.15) is 253 Å². The van der Waals surface area contributed by atoms with Crippen LogP contribution in [0.5, 0.6) is 0 Å². The van der Waals surface area contributed by atoms with E-state index in [1.165, 1.54) is 139 Å². The number of alkyl carbamates (subject to hydrolysis) is 1. The molecule has 1 atom stereocenters. The van der Waals surface area contributed by atoms with Crippen LogP contribution in [0.3, 0.4) is 0 Å². The summed E-state index contributed by atoms with van der Waals surface area (Å²) in [6, 6.07) is 62.2. The number of carbonyl (C=O) groups is 3. The second kappa shape index (κ2) is 59.2. The molecule has 0 saturated heterocycles. The lowest BCUT2D eigenvalue weighted by Gasteiger charge is -2.22. The number of aliphatic hydroxyl groups excluding tert-OH is 1. The summed E-state index contributed by atoms with van der Waals surface area (Å²) >= 11 is 5.05. The van der Waals surface area contributed by atoms with Crippen LogP contribution in [-0.2, 0) is 48.9 Å². The first-order valence-corrected chi connectivity index (χ1v) is 41.0. The highest BCUT2D eigenvalue weighted by atomic mass is 32.1. The molecule has 11 heteroatoms. The van der Waals surface area contributed by atoms with Crippen molar-refractivity contribution >= 4 is 68.4 Å². The number of Topliss-reactive ketones (excluding diaryl/α,β-unsaturated/α-hetero) is 2. The second-order valence-electron chi connectivity index (χ2n) is 27.2. The fourth-order valence-electron chi connectivity index (χ4n) is 9.88. The predicted octanol–water partition coefficient (Wildman–Crippen LogP) is 25.5. The van der Waals surface area contributed by atoms with Gasteiger partial charge in [0.15, 0.2) is 11.6 Å². The van der Waals surface area contributed by atoms with Gasteiger partial charge >= 0.3 is 6.09 Å². The van der Waals surface area contributed by atoms with Gasteiger partial charge in [-0.2, -0.15) is 11.3 Å². The van der Waals surface area contributed by atoms with E-state index in [1.54, 1.807) is 68.6 Å². The van der Waals surface area contributed by atoms with Crippen molar-refractivity contribution in [1.29, 1.82) is 0 Å². The lowest BCUT2D eigenvalue weighted by molar-refractivity contribution is 0.0534. The number of ether oxygens (including phenoxy) is 1. The monoisotopic (exact) mass is 1510 g/mol. The molecule has 3 aromatic heterocycles. The number of ketones is 2. The molecule has 0 bridgehead atoms. The Hall–Kier alpha value is -8.75. The molecule has 3 heterocycles. The van der Waals surface area contributed by atoms with Crippen molar-refractivity contribution in [3.8, 4) is 24.7 Å². The van der Waals surface area contributed by atoms with Crippen LogP contribution in [0.2, 0.25) is 0 Å². The van der Waals surface area contributed by atoms with Crippen LogP contribution in [0.25, 0.3) is 16.7 Å². The van der Waals surface area contributed by atoms with Crippen molar-refractivity contribution in [2.24, 2.45) is 5.73 Å². The number of nitrogens with one attached hydrogen (secondary N) is 1. The number of allylic oxidation sites excluding steroid dienone is 1. The summed E-state index contributed by atoms with van der Waals surface area (Å²) in [5, 5.41) is 30.1. The molecule has 9 rings (SSSR count). The standard InChI is InChI=1S/C16H20OS.C16H18S.C13H18O.C13H18.2C12H16O.C8H13NO2.C4H4S.C3H5N/c1-3-4-6-13-8-10-14(11-9-13)16(2,17)15-7-5-12-18-15;1-3-4-6-14-8-10-15(11-9-14)13(2)16-7-5-12-17-16;1-3-4-5-12-6-8-13(9-7-12)11(2)10-14;1-4-5-6-12-7-9-13(10-8-12)11(2)3;2*1-3-4-5-11-6-8-12(9-7-11)10(2)13;1-5-6-9-7(10)11-8(2,3)4;1-2-4-5-3-1;1-2-3-4/h5,7-12,17H,3-4,6H2,1-2H3;5,7-12H,2-4,6H2,1H3;6-9,14H,2-5,10H2,1H3;7-10H,2,4-6H2,1,3H3;2*6-9H,3-5H2,1-2H3;1H,6H2,2-4H3,(H,9,10);1-4H;1H,3-4H2. The zero-order chi connectivity index (χ0) is 80.4. The lowest BCUT2D eigenvalue weighted by atomic mass is 9.93. The molecule has 1 unspecified atom stereocenters. The summed E-state index contributed by atoms with van der Waals surface area (Å²) in [5.41, 5.74) is 20.8. The third kappa shape index (κ3) is 44.5. The quantitative estimate of drug-likeness (QED) is 0.0283. The van der Waals surface area contributed by atoms with Gasteiger partial charge in [-0.3, -0.25) is 9.59 Å². The highest BCUT2D eigenvalue weighted by molar-refractivity contribution is 7.11. The van der Waals surface area contributed by atoms with Crippen molar-refractivity contribution in [3.63, 3.8) is 0 Å². The van der Waals surface area contributed by atoms with Crippen LogP contribution in [0, 0.1) is 24.7 Å².